The molecule has 0 bridgehead atoms. The zero-order chi connectivity index (χ0) is 13.1. The smallest absolute Gasteiger partial charge is 0.145 e. The number of benzene rings is 1. The molecule has 0 aliphatic rings. The van der Waals surface area contributed by atoms with Gasteiger partial charge in [-0.3, -0.25) is 0 Å². The van der Waals surface area contributed by atoms with Crippen LogP contribution in [-0.2, 0) is 6.42 Å². The molecule has 6 heteroatoms. The Labute approximate surface area is 114 Å². The van der Waals surface area contributed by atoms with E-state index in [0.29, 0.717) is 6.42 Å². The molecule has 3 aromatic rings. The molecule has 0 amide bonds. The summed E-state index contributed by atoms with van der Waals surface area (Å²) < 4.78 is 0. The molecule has 2 heterocycles. The molecular formula is C13H12N4OS. The van der Waals surface area contributed by atoms with Gasteiger partial charge in [-0.25, -0.2) is 4.98 Å². The van der Waals surface area contributed by atoms with Gasteiger partial charge in [-0.1, -0.05) is 30.3 Å². The number of thiazole rings is 1. The number of aromatic amines is 1. The Balaban J connectivity index is 1.74. The van der Waals surface area contributed by atoms with Gasteiger partial charge in [0.2, 0.25) is 0 Å². The molecular weight excluding hydrogens is 260 g/mol. The summed E-state index contributed by atoms with van der Waals surface area (Å²) in [6, 6.07) is 9.59. The first-order valence-electron chi connectivity index (χ1n) is 5.86. The van der Waals surface area contributed by atoms with Crippen LogP contribution in [0.25, 0.3) is 10.7 Å². The number of aromatic nitrogens is 4. The fourth-order valence-electron chi connectivity index (χ4n) is 1.81. The summed E-state index contributed by atoms with van der Waals surface area (Å²) >= 11 is 1.50. The van der Waals surface area contributed by atoms with E-state index in [-0.39, 0.29) is 0 Å². The number of hydrogen-bond donors (Lipinski definition) is 2. The molecule has 1 unspecified atom stereocenters. The predicted octanol–water partition coefficient (Wildman–Crippen LogP) is 2.20. The van der Waals surface area contributed by atoms with Gasteiger partial charge in [-0.05, 0) is 5.56 Å². The van der Waals surface area contributed by atoms with Crippen LogP contribution in [0.3, 0.4) is 0 Å². The van der Waals surface area contributed by atoms with Crippen molar-refractivity contribution in [3.8, 4) is 10.7 Å². The van der Waals surface area contributed by atoms with Crippen molar-refractivity contribution < 1.29 is 5.11 Å². The molecule has 1 atom stereocenters. The molecule has 5 nitrogen and oxygen atoms in total. The summed E-state index contributed by atoms with van der Waals surface area (Å²) in [6.07, 6.45) is 1.60. The summed E-state index contributed by atoms with van der Waals surface area (Å²) in [4.78, 5) is 4.45. The first-order chi connectivity index (χ1) is 9.33. The van der Waals surface area contributed by atoms with Crippen LogP contribution >= 0.6 is 11.3 Å². The van der Waals surface area contributed by atoms with Gasteiger partial charge in [-0.15, -0.1) is 11.3 Å². The molecule has 0 saturated heterocycles. The van der Waals surface area contributed by atoms with Crippen molar-refractivity contribution in [2.75, 3.05) is 0 Å². The molecule has 19 heavy (non-hydrogen) atoms. The van der Waals surface area contributed by atoms with Crippen molar-refractivity contribution in [1.29, 1.82) is 0 Å². The first kappa shape index (κ1) is 12.0. The molecule has 0 aliphatic carbocycles. The Hall–Kier alpha value is -2.05. The maximum Gasteiger partial charge on any atom is 0.145 e. The van der Waals surface area contributed by atoms with E-state index in [0.717, 1.165) is 22.0 Å². The number of hydrogen-bond acceptors (Lipinski definition) is 5. The minimum Gasteiger partial charge on any atom is -0.388 e. The van der Waals surface area contributed by atoms with E-state index in [9.17, 15) is 5.11 Å². The molecule has 0 radical (unpaired) electrons. The first-order valence-corrected chi connectivity index (χ1v) is 6.74. The summed E-state index contributed by atoms with van der Waals surface area (Å²) in [6.45, 7) is 0. The van der Waals surface area contributed by atoms with E-state index in [1.165, 1.54) is 11.3 Å². The summed E-state index contributed by atoms with van der Waals surface area (Å²) in [7, 11) is 0. The van der Waals surface area contributed by atoms with Gasteiger partial charge in [0.1, 0.15) is 10.7 Å². The van der Waals surface area contributed by atoms with Crippen LogP contribution in [0, 0.1) is 0 Å². The second-order valence-electron chi connectivity index (χ2n) is 4.13. The maximum atomic E-state index is 10.1. The number of nitrogens with zero attached hydrogens (tertiary/aromatic N) is 3. The van der Waals surface area contributed by atoms with Crippen LogP contribution < -0.4 is 0 Å². The van der Waals surface area contributed by atoms with Gasteiger partial charge in [0.25, 0.3) is 0 Å². The lowest BCUT2D eigenvalue weighted by molar-refractivity contribution is 0.177. The highest BCUT2D eigenvalue weighted by molar-refractivity contribution is 7.13. The lowest BCUT2D eigenvalue weighted by Crippen LogP contribution is -2.01. The van der Waals surface area contributed by atoms with E-state index in [4.69, 9.17) is 0 Å². The molecule has 1 aromatic carbocycles. The van der Waals surface area contributed by atoms with E-state index in [2.05, 4.69) is 20.4 Å². The molecule has 0 saturated carbocycles. The van der Waals surface area contributed by atoms with Crippen molar-refractivity contribution in [2.45, 2.75) is 12.5 Å². The molecule has 3 rings (SSSR count). The number of H-pyrrole nitrogens is 1. The highest BCUT2D eigenvalue weighted by Crippen LogP contribution is 2.24. The number of rotatable bonds is 4. The van der Waals surface area contributed by atoms with Gasteiger partial charge in [0.05, 0.1) is 18.0 Å². The second kappa shape index (κ2) is 5.29. The van der Waals surface area contributed by atoms with Gasteiger partial charge in [-0.2, -0.15) is 15.4 Å². The van der Waals surface area contributed by atoms with Crippen molar-refractivity contribution in [3.63, 3.8) is 0 Å². The molecule has 0 fully saturated rings. The molecule has 2 aromatic heterocycles. The third kappa shape index (κ3) is 2.69. The Morgan fingerprint density at radius 1 is 1.26 bits per heavy atom. The van der Waals surface area contributed by atoms with Crippen molar-refractivity contribution in [1.82, 2.24) is 20.4 Å². The summed E-state index contributed by atoms with van der Waals surface area (Å²) in [5.41, 5.74) is 2.49. The monoisotopic (exact) mass is 272 g/mol. The SMILES string of the molecule is OC(Cc1csc(-c2cn[nH]n2)n1)c1ccccc1. The predicted molar refractivity (Wildman–Crippen MR) is 72.6 cm³/mol. The maximum absolute atomic E-state index is 10.1. The standard InChI is InChI=1S/C13H12N4OS/c18-12(9-4-2-1-3-5-9)6-10-8-19-13(15-10)11-7-14-17-16-11/h1-5,7-8,12,18H,6H2,(H,14,16,17). The van der Waals surface area contributed by atoms with Gasteiger partial charge < -0.3 is 5.11 Å². The Kier molecular flexibility index (Phi) is 3.35. The third-order valence-corrected chi connectivity index (χ3v) is 3.69. The summed E-state index contributed by atoms with van der Waals surface area (Å²) in [5.74, 6) is 0. The van der Waals surface area contributed by atoms with E-state index >= 15 is 0 Å². The van der Waals surface area contributed by atoms with Crippen LogP contribution in [0.1, 0.15) is 17.4 Å². The van der Waals surface area contributed by atoms with Crippen LogP contribution in [0.15, 0.2) is 41.9 Å². The normalized spacial score (nSPS) is 12.5. The lowest BCUT2D eigenvalue weighted by atomic mass is 10.1. The quantitative estimate of drug-likeness (QED) is 0.763. The van der Waals surface area contributed by atoms with Crippen LogP contribution in [0.4, 0.5) is 0 Å². The minimum absolute atomic E-state index is 0.498. The molecule has 2 N–H and O–H groups in total. The average molecular weight is 272 g/mol. The van der Waals surface area contributed by atoms with Gasteiger partial charge >= 0.3 is 0 Å². The zero-order valence-electron chi connectivity index (χ0n) is 10.0. The van der Waals surface area contributed by atoms with Crippen molar-refractivity contribution in [2.24, 2.45) is 0 Å². The zero-order valence-corrected chi connectivity index (χ0v) is 10.8. The highest BCUT2D eigenvalue weighted by Gasteiger charge is 2.12. The number of nitrogens with one attached hydrogen (secondary N) is 1. The van der Waals surface area contributed by atoms with Crippen LogP contribution in [0.5, 0.6) is 0 Å². The van der Waals surface area contributed by atoms with Crippen LogP contribution in [-0.4, -0.2) is 25.5 Å². The highest BCUT2D eigenvalue weighted by atomic mass is 32.1. The molecule has 96 valence electrons. The van der Waals surface area contributed by atoms with Gasteiger partial charge in [0, 0.05) is 11.8 Å². The number of aliphatic hydroxyl groups excluding tert-OH is 1. The topological polar surface area (TPSA) is 74.7 Å². The van der Waals surface area contributed by atoms with Crippen LogP contribution in [0.2, 0.25) is 0 Å². The van der Waals surface area contributed by atoms with Crippen molar-refractivity contribution >= 4 is 11.3 Å². The minimum atomic E-state index is -0.534. The Bertz CT molecular complexity index is 636. The third-order valence-electron chi connectivity index (χ3n) is 2.77. The largest absolute Gasteiger partial charge is 0.388 e. The fraction of sp³-hybridized carbons (Fsp3) is 0.154. The van der Waals surface area contributed by atoms with E-state index in [1.807, 2.05) is 35.7 Å². The lowest BCUT2D eigenvalue weighted by Gasteiger charge is -2.08. The average Bonchev–Trinajstić information content (AvgIpc) is 3.10. The fourth-order valence-corrected chi connectivity index (χ4v) is 2.60. The molecule has 0 spiro atoms. The van der Waals surface area contributed by atoms with Gasteiger partial charge in [0.15, 0.2) is 0 Å². The van der Waals surface area contributed by atoms with Crippen molar-refractivity contribution in [3.05, 3.63) is 53.2 Å². The van der Waals surface area contributed by atoms with E-state index in [1.54, 1.807) is 6.20 Å². The second-order valence-corrected chi connectivity index (χ2v) is 4.99. The van der Waals surface area contributed by atoms with E-state index < -0.39 is 6.10 Å². The summed E-state index contributed by atoms with van der Waals surface area (Å²) in [5, 5.41) is 23.2. The molecule has 0 aliphatic heterocycles. The number of aliphatic hydroxyl groups is 1. The Morgan fingerprint density at radius 3 is 2.84 bits per heavy atom. The Morgan fingerprint density at radius 2 is 2.11 bits per heavy atom.